The molecular formula is C19H30O10. The summed E-state index contributed by atoms with van der Waals surface area (Å²) in [4.78, 5) is 0. The molecule has 0 amide bonds. The Bertz CT molecular complexity index is 685. The third-order valence-corrected chi connectivity index (χ3v) is 4.77. The number of phenols is 1. The molecule has 1 aromatic carbocycles. The minimum absolute atomic E-state index is 0.0655. The van der Waals surface area contributed by atoms with Gasteiger partial charge < -0.3 is 49.6 Å². The summed E-state index contributed by atoms with van der Waals surface area (Å²) >= 11 is 0. The van der Waals surface area contributed by atoms with Gasteiger partial charge in [-0.05, 0) is 26.7 Å². The van der Waals surface area contributed by atoms with Crippen LogP contribution in [0.25, 0.3) is 0 Å². The molecule has 1 aliphatic rings. The molecule has 166 valence electrons. The van der Waals surface area contributed by atoms with Crippen LogP contribution in [0.5, 0.6) is 23.0 Å². The Hall–Kier alpha value is -1.82. The average Bonchev–Trinajstić information content (AvgIpc) is 2.66. The molecule has 10 heteroatoms. The van der Waals surface area contributed by atoms with Crippen LogP contribution in [0.4, 0.5) is 0 Å². The maximum atomic E-state index is 10.3. The molecule has 1 heterocycles. The summed E-state index contributed by atoms with van der Waals surface area (Å²) in [6.45, 7) is 2.64. The highest BCUT2D eigenvalue weighted by atomic mass is 16.7. The molecule has 0 spiro atoms. The van der Waals surface area contributed by atoms with Crippen LogP contribution in [-0.2, 0) is 11.2 Å². The van der Waals surface area contributed by atoms with Crippen molar-refractivity contribution in [3.63, 3.8) is 0 Å². The zero-order valence-electron chi connectivity index (χ0n) is 16.9. The zero-order chi connectivity index (χ0) is 21.9. The lowest BCUT2D eigenvalue weighted by Crippen LogP contribution is -2.60. The molecule has 1 saturated heterocycles. The van der Waals surface area contributed by atoms with Crippen molar-refractivity contribution in [2.24, 2.45) is 0 Å². The van der Waals surface area contributed by atoms with E-state index in [-0.39, 0.29) is 35.8 Å². The van der Waals surface area contributed by atoms with Crippen molar-refractivity contribution in [2.45, 2.75) is 63.0 Å². The Kier molecular flexibility index (Phi) is 7.55. The summed E-state index contributed by atoms with van der Waals surface area (Å²) in [5.74, 6) is 0.0487. The lowest BCUT2D eigenvalue weighted by Gasteiger charge is -2.40. The fourth-order valence-corrected chi connectivity index (χ4v) is 3.11. The highest BCUT2D eigenvalue weighted by Crippen LogP contribution is 2.46. The summed E-state index contributed by atoms with van der Waals surface area (Å²) in [5, 5.41) is 59.9. The number of ether oxygens (including phenoxy) is 4. The fraction of sp³-hybridized carbons (Fsp3) is 0.684. The van der Waals surface area contributed by atoms with E-state index in [2.05, 4.69) is 0 Å². The number of hydrogen-bond donors (Lipinski definition) is 6. The van der Waals surface area contributed by atoms with Crippen LogP contribution in [0, 0.1) is 0 Å². The van der Waals surface area contributed by atoms with Crippen molar-refractivity contribution in [3.05, 3.63) is 11.6 Å². The number of benzene rings is 1. The van der Waals surface area contributed by atoms with Gasteiger partial charge in [0.2, 0.25) is 6.29 Å². The molecule has 2 rings (SSSR count). The number of aliphatic hydroxyl groups is 5. The first-order valence-electron chi connectivity index (χ1n) is 9.20. The molecule has 1 fully saturated rings. The number of aliphatic hydroxyl groups excluding tert-OH is 4. The molecule has 0 aromatic heterocycles. The van der Waals surface area contributed by atoms with E-state index in [9.17, 15) is 30.6 Å². The fourth-order valence-electron chi connectivity index (χ4n) is 3.11. The van der Waals surface area contributed by atoms with Gasteiger partial charge in [-0.3, -0.25) is 0 Å². The SMILES string of the molecule is COc1cc(O)c(OC)c(CCC(C)(C)O)c1OC1OC(CO)C(O)C(O)C1O. The van der Waals surface area contributed by atoms with E-state index in [1.54, 1.807) is 13.8 Å². The first-order chi connectivity index (χ1) is 13.5. The Labute approximate surface area is 168 Å². The second-order valence-corrected chi connectivity index (χ2v) is 7.57. The summed E-state index contributed by atoms with van der Waals surface area (Å²) in [6, 6.07) is 1.26. The molecule has 6 N–H and O–H groups in total. The Morgan fingerprint density at radius 3 is 2.21 bits per heavy atom. The van der Waals surface area contributed by atoms with E-state index >= 15 is 0 Å². The quantitative estimate of drug-likeness (QED) is 0.318. The molecule has 0 radical (unpaired) electrons. The molecule has 5 unspecified atom stereocenters. The van der Waals surface area contributed by atoms with Crippen molar-refractivity contribution < 1.29 is 49.6 Å². The lowest BCUT2D eigenvalue weighted by molar-refractivity contribution is -0.277. The Morgan fingerprint density at radius 2 is 1.69 bits per heavy atom. The number of rotatable bonds is 8. The van der Waals surface area contributed by atoms with E-state index in [0.29, 0.717) is 5.56 Å². The summed E-state index contributed by atoms with van der Waals surface area (Å²) in [5.41, 5.74) is -0.673. The topological polar surface area (TPSA) is 158 Å². The first-order valence-corrected chi connectivity index (χ1v) is 9.20. The largest absolute Gasteiger partial charge is 0.504 e. The van der Waals surface area contributed by atoms with Gasteiger partial charge in [-0.25, -0.2) is 0 Å². The van der Waals surface area contributed by atoms with Gasteiger partial charge in [0.1, 0.15) is 24.4 Å². The first kappa shape index (κ1) is 23.5. The maximum Gasteiger partial charge on any atom is 0.229 e. The number of hydrogen-bond acceptors (Lipinski definition) is 10. The molecule has 0 saturated carbocycles. The minimum atomic E-state index is -1.63. The standard InChI is InChI=1S/C19H30O10/c1-19(2,25)6-5-9-16(27-4)10(21)7-11(26-3)17(9)29-18-15(24)14(23)13(22)12(8-20)28-18/h7,12-15,18,20-25H,5-6,8H2,1-4H3. The van der Waals surface area contributed by atoms with Gasteiger partial charge in [-0.1, -0.05) is 0 Å². The molecular weight excluding hydrogens is 388 g/mol. The van der Waals surface area contributed by atoms with Gasteiger partial charge in [-0.2, -0.15) is 0 Å². The third-order valence-electron chi connectivity index (χ3n) is 4.77. The van der Waals surface area contributed by atoms with Crippen LogP contribution >= 0.6 is 0 Å². The minimum Gasteiger partial charge on any atom is -0.504 e. The smallest absolute Gasteiger partial charge is 0.229 e. The van der Waals surface area contributed by atoms with E-state index in [4.69, 9.17) is 18.9 Å². The van der Waals surface area contributed by atoms with Gasteiger partial charge in [0, 0.05) is 11.6 Å². The van der Waals surface area contributed by atoms with Crippen LogP contribution in [-0.4, -0.2) is 87.8 Å². The van der Waals surface area contributed by atoms with Crippen LogP contribution < -0.4 is 14.2 Å². The lowest BCUT2D eigenvalue weighted by atomic mass is 9.96. The van der Waals surface area contributed by atoms with Crippen molar-refractivity contribution in [2.75, 3.05) is 20.8 Å². The number of aromatic hydroxyl groups is 1. The summed E-state index contributed by atoms with van der Waals surface area (Å²) in [6.07, 6.45) is -6.88. The van der Waals surface area contributed by atoms with Crippen molar-refractivity contribution >= 4 is 0 Å². The van der Waals surface area contributed by atoms with Gasteiger partial charge in [0.15, 0.2) is 23.0 Å². The van der Waals surface area contributed by atoms with Crippen molar-refractivity contribution in [1.82, 2.24) is 0 Å². The van der Waals surface area contributed by atoms with Gasteiger partial charge in [-0.15, -0.1) is 0 Å². The Balaban J connectivity index is 2.46. The second kappa shape index (κ2) is 9.33. The normalized spacial score (nSPS) is 27.6. The predicted octanol–water partition coefficient (Wildman–Crippen LogP) is -0.708. The van der Waals surface area contributed by atoms with E-state index in [0.717, 1.165) is 0 Å². The van der Waals surface area contributed by atoms with E-state index in [1.807, 2.05) is 0 Å². The van der Waals surface area contributed by atoms with E-state index in [1.165, 1.54) is 20.3 Å². The number of phenolic OH excluding ortho intramolecular Hbond substituents is 1. The molecule has 10 nitrogen and oxygen atoms in total. The van der Waals surface area contributed by atoms with Crippen LogP contribution in [0.2, 0.25) is 0 Å². The van der Waals surface area contributed by atoms with Gasteiger partial charge >= 0.3 is 0 Å². The van der Waals surface area contributed by atoms with E-state index < -0.39 is 42.9 Å². The molecule has 0 bridgehead atoms. The summed E-state index contributed by atoms with van der Waals surface area (Å²) < 4.78 is 21.7. The maximum absolute atomic E-state index is 10.3. The molecule has 1 aromatic rings. The number of methoxy groups -OCH3 is 2. The third kappa shape index (κ3) is 5.21. The second-order valence-electron chi connectivity index (χ2n) is 7.57. The molecule has 29 heavy (non-hydrogen) atoms. The highest BCUT2D eigenvalue weighted by molar-refractivity contribution is 5.61. The highest BCUT2D eigenvalue weighted by Gasteiger charge is 2.45. The van der Waals surface area contributed by atoms with Crippen LogP contribution in [0.15, 0.2) is 6.07 Å². The van der Waals surface area contributed by atoms with Crippen molar-refractivity contribution in [1.29, 1.82) is 0 Å². The molecule has 1 aliphatic heterocycles. The monoisotopic (exact) mass is 418 g/mol. The average molecular weight is 418 g/mol. The summed E-state index contributed by atoms with van der Waals surface area (Å²) in [7, 11) is 2.70. The van der Waals surface area contributed by atoms with Crippen LogP contribution in [0.1, 0.15) is 25.8 Å². The van der Waals surface area contributed by atoms with Gasteiger partial charge in [0.05, 0.1) is 26.4 Å². The predicted molar refractivity (Wildman–Crippen MR) is 100 cm³/mol. The Morgan fingerprint density at radius 1 is 1.03 bits per heavy atom. The zero-order valence-corrected chi connectivity index (χ0v) is 16.9. The van der Waals surface area contributed by atoms with Crippen LogP contribution in [0.3, 0.4) is 0 Å². The molecule has 0 aliphatic carbocycles. The van der Waals surface area contributed by atoms with Crippen molar-refractivity contribution in [3.8, 4) is 23.0 Å². The van der Waals surface area contributed by atoms with Gasteiger partial charge in [0.25, 0.3) is 0 Å². The molecule has 5 atom stereocenters.